The number of aryl methyl sites for hydroxylation is 1. The Morgan fingerprint density at radius 1 is 1.18 bits per heavy atom. The second-order valence-corrected chi connectivity index (χ2v) is 8.88. The molecule has 4 atom stereocenters. The van der Waals surface area contributed by atoms with Crippen LogP contribution < -0.4 is 56.7 Å². The Balaban J connectivity index is 0.00000204. The minimum Gasteiger partial charge on any atom is -1.00 e. The molecule has 0 radical (unpaired) electrons. The van der Waals surface area contributed by atoms with E-state index in [0.29, 0.717) is 24.6 Å². The largest absolute Gasteiger partial charge is 1.00 e. The number of carbonyl (C=O) groups is 2. The summed E-state index contributed by atoms with van der Waals surface area (Å²) in [6.07, 6.45) is 8.17. The Bertz CT molecular complexity index is 953. The van der Waals surface area contributed by atoms with Crippen LogP contribution in [0.25, 0.3) is 0 Å². The monoisotopic (exact) mass is 480 g/mol. The van der Waals surface area contributed by atoms with Crippen molar-refractivity contribution in [1.82, 2.24) is 10.3 Å². The Labute approximate surface area is 239 Å². The van der Waals surface area contributed by atoms with Crippen LogP contribution in [0.15, 0.2) is 34.9 Å². The summed E-state index contributed by atoms with van der Waals surface area (Å²) in [5.41, 5.74) is 2.54. The molecule has 0 unspecified atom stereocenters. The summed E-state index contributed by atoms with van der Waals surface area (Å²) in [4.78, 5) is 28.0. The van der Waals surface area contributed by atoms with Gasteiger partial charge >= 0.3 is 57.4 Å². The molecule has 1 aromatic carbocycles. The SMILES string of the molecule is CCCCCNC(=O)c1coc([C@H]2[C@@H](Cc3ccccc3CCC(=O)O)[C@@H]3CC[C@H]2O3)n1.[H-].[K+]. The van der Waals surface area contributed by atoms with Crippen LogP contribution in [0.3, 0.4) is 0 Å². The van der Waals surface area contributed by atoms with Crippen molar-refractivity contribution in [3.63, 3.8) is 0 Å². The van der Waals surface area contributed by atoms with Crippen LogP contribution >= 0.6 is 0 Å². The predicted molar refractivity (Wildman–Crippen MR) is 120 cm³/mol. The summed E-state index contributed by atoms with van der Waals surface area (Å²) in [6.45, 7) is 2.77. The van der Waals surface area contributed by atoms with Crippen LogP contribution in [0.5, 0.6) is 0 Å². The molecule has 2 saturated heterocycles. The predicted octanol–water partition coefficient (Wildman–Crippen LogP) is 1.23. The normalized spacial score (nSPS) is 23.3. The molecule has 2 aliphatic rings. The van der Waals surface area contributed by atoms with E-state index < -0.39 is 5.97 Å². The Hall–Kier alpha value is -1.03. The fourth-order valence-corrected chi connectivity index (χ4v) is 5.08. The number of carboxylic acid groups (broad SMARTS) is 1. The topological polar surface area (TPSA) is 102 Å². The van der Waals surface area contributed by atoms with Gasteiger partial charge in [-0.2, -0.15) is 0 Å². The van der Waals surface area contributed by atoms with Crippen LogP contribution in [0.4, 0.5) is 0 Å². The summed E-state index contributed by atoms with van der Waals surface area (Å²) in [7, 11) is 0. The zero-order valence-corrected chi connectivity index (χ0v) is 22.7. The molecule has 1 aromatic heterocycles. The fourth-order valence-electron chi connectivity index (χ4n) is 5.08. The number of oxazole rings is 1. The van der Waals surface area contributed by atoms with Crippen LogP contribution in [0.2, 0.25) is 0 Å². The first kappa shape index (κ1) is 26.6. The van der Waals surface area contributed by atoms with E-state index in [0.717, 1.165) is 49.7 Å². The number of carboxylic acids is 1. The molecule has 2 aliphatic heterocycles. The molecule has 8 heteroatoms. The van der Waals surface area contributed by atoms with Gasteiger partial charge in [0.25, 0.3) is 5.91 Å². The van der Waals surface area contributed by atoms with Gasteiger partial charge in [-0.25, -0.2) is 4.98 Å². The summed E-state index contributed by atoms with van der Waals surface area (Å²) in [5.74, 6) is -0.220. The number of hydrogen-bond acceptors (Lipinski definition) is 5. The van der Waals surface area contributed by atoms with Crippen molar-refractivity contribution < 1.29 is 76.7 Å². The fraction of sp³-hybridized carbons (Fsp3) is 0.560. The van der Waals surface area contributed by atoms with Crippen LogP contribution in [-0.4, -0.2) is 40.7 Å². The zero-order valence-electron chi connectivity index (χ0n) is 20.6. The Morgan fingerprint density at radius 2 is 1.94 bits per heavy atom. The number of amides is 1. The van der Waals surface area contributed by atoms with Crippen molar-refractivity contribution in [2.75, 3.05) is 6.54 Å². The van der Waals surface area contributed by atoms with E-state index in [4.69, 9.17) is 14.3 Å². The van der Waals surface area contributed by atoms with Crippen molar-refractivity contribution in [3.8, 4) is 0 Å². The maximum absolute atomic E-state index is 12.4. The molecule has 7 nitrogen and oxygen atoms in total. The second kappa shape index (κ2) is 12.6. The molecule has 3 heterocycles. The van der Waals surface area contributed by atoms with Gasteiger partial charge in [0.1, 0.15) is 6.26 Å². The van der Waals surface area contributed by atoms with Crippen LogP contribution in [0, 0.1) is 5.92 Å². The van der Waals surface area contributed by atoms with Gasteiger partial charge in [-0.1, -0.05) is 44.0 Å². The average Bonchev–Trinajstić information content (AvgIpc) is 3.52. The first-order valence-corrected chi connectivity index (χ1v) is 11.7. The number of unbranched alkanes of at least 4 members (excludes halogenated alkanes) is 2. The van der Waals surface area contributed by atoms with E-state index in [1.165, 1.54) is 6.26 Å². The number of nitrogens with one attached hydrogen (secondary N) is 1. The maximum atomic E-state index is 12.4. The van der Waals surface area contributed by atoms with Gasteiger partial charge in [0.05, 0.1) is 18.1 Å². The minimum absolute atomic E-state index is 0. The zero-order chi connectivity index (χ0) is 22.5. The van der Waals surface area contributed by atoms with Gasteiger partial charge in [0, 0.05) is 18.9 Å². The summed E-state index contributed by atoms with van der Waals surface area (Å²) < 4.78 is 12.0. The molecule has 174 valence electrons. The Kier molecular flexibility index (Phi) is 10.1. The molecule has 0 saturated carbocycles. The second-order valence-electron chi connectivity index (χ2n) is 8.88. The van der Waals surface area contributed by atoms with E-state index in [2.05, 4.69) is 23.3 Å². The molecular weight excluding hydrogens is 447 g/mol. The number of nitrogens with zero attached hydrogens (tertiary/aromatic N) is 1. The van der Waals surface area contributed by atoms with Gasteiger partial charge in [-0.15, -0.1) is 0 Å². The molecule has 1 amide bonds. The van der Waals surface area contributed by atoms with Gasteiger partial charge in [-0.3, -0.25) is 9.59 Å². The van der Waals surface area contributed by atoms with E-state index in [1.807, 2.05) is 18.2 Å². The minimum atomic E-state index is -0.791. The number of rotatable bonds is 11. The van der Waals surface area contributed by atoms with Crippen molar-refractivity contribution in [3.05, 3.63) is 53.2 Å². The van der Waals surface area contributed by atoms with Crippen LogP contribution in [0.1, 0.15) is 80.3 Å². The number of aromatic nitrogens is 1. The number of ether oxygens (including phenoxy) is 1. The van der Waals surface area contributed by atoms with E-state index in [1.54, 1.807) is 0 Å². The molecule has 0 aliphatic carbocycles. The summed E-state index contributed by atoms with van der Waals surface area (Å²) in [6, 6.07) is 8.03. The van der Waals surface area contributed by atoms with Crippen molar-refractivity contribution >= 4 is 11.9 Å². The molecular formula is C25H33KN2O5. The first-order valence-electron chi connectivity index (χ1n) is 11.7. The standard InChI is InChI=1S/C25H32N2O5.K.H/c1-2-3-6-13-26-24(30)19-15-31-25(27-19)23-18(20-10-11-21(23)32-20)14-17-8-5-4-7-16(17)9-12-22(28)29;;/h4-5,7-8,15,18,20-21,23H,2-3,6,9-14H2,1H3,(H,26,30)(H,28,29);;/q;+1;-1/t18-,20-,21+,23-;;/m0../s1. The molecule has 2 fully saturated rings. The van der Waals surface area contributed by atoms with Crippen molar-refractivity contribution in [1.29, 1.82) is 0 Å². The molecule has 2 aromatic rings. The van der Waals surface area contributed by atoms with Gasteiger partial charge in [-0.05, 0) is 43.2 Å². The van der Waals surface area contributed by atoms with Gasteiger partial charge in [0.2, 0.25) is 5.89 Å². The number of fused-ring (bicyclic) bond motifs is 2. The maximum Gasteiger partial charge on any atom is 1.00 e. The molecule has 0 spiro atoms. The van der Waals surface area contributed by atoms with Crippen molar-refractivity contribution in [2.24, 2.45) is 5.92 Å². The van der Waals surface area contributed by atoms with Crippen molar-refractivity contribution in [2.45, 2.75) is 76.4 Å². The number of hydrogen-bond donors (Lipinski definition) is 2. The number of carbonyl (C=O) groups excluding carboxylic acids is 1. The number of benzene rings is 1. The quantitative estimate of drug-likeness (QED) is 0.371. The smallest absolute Gasteiger partial charge is 1.00 e. The van der Waals surface area contributed by atoms with E-state index in [9.17, 15) is 9.59 Å². The van der Waals surface area contributed by atoms with Gasteiger partial charge < -0.3 is 21.0 Å². The van der Waals surface area contributed by atoms with E-state index in [-0.39, 0.29) is 89.2 Å². The Morgan fingerprint density at radius 3 is 2.70 bits per heavy atom. The molecule has 2 N–H and O–H groups in total. The van der Waals surface area contributed by atoms with Crippen LogP contribution in [-0.2, 0) is 22.4 Å². The average molecular weight is 481 g/mol. The number of aliphatic carboxylic acids is 1. The third kappa shape index (κ3) is 6.55. The van der Waals surface area contributed by atoms with Gasteiger partial charge in [0.15, 0.2) is 5.69 Å². The molecule has 33 heavy (non-hydrogen) atoms. The molecule has 4 rings (SSSR count). The summed E-state index contributed by atoms with van der Waals surface area (Å²) in [5, 5.41) is 12.0. The van der Waals surface area contributed by atoms with E-state index >= 15 is 0 Å². The first-order chi connectivity index (χ1) is 15.6. The molecule has 2 bridgehead atoms. The third-order valence-corrected chi connectivity index (χ3v) is 6.71. The summed E-state index contributed by atoms with van der Waals surface area (Å²) >= 11 is 0. The third-order valence-electron chi connectivity index (χ3n) is 6.71.